The SMILES string of the molecule is CCOc1ccc(CCNC(=O)C(=O)Nc2ccc(C#N)cc2)cc1OCC. The van der Waals surface area contributed by atoms with E-state index in [0.29, 0.717) is 48.9 Å². The second-order valence-corrected chi connectivity index (χ2v) is 5.80. The number of ether oxygens (including phenoxy) is 2. The van der Waals surface area contributed by atoms with Gasteiger partial charge >= 0.3 is 11.8 Å². The van der Waals surface area contributed by atoms with Crippen LogP contribution >= 0.6 is 0 Å². The largest absolute Gasteiger partial charge is 0.490 e. The fourth-order valence-corrected chi connectivity index (χ4v) is 2.47. The molecule has 0 aliphatic carbocycles. The summed E-state index contributed by atoms with van der Waals surface area (Å²) >= 11 is 0. The number of nitrogens with one attached hydrogen (secondary N) is 2. The summed E-state index contributed by atoms with van der Waals surface area (Å²) in [4.78, 5) is 23.9. The molecule has 2 amide bonds. The lowest BCUT2D eigenvalue weighted by Crippen LogP contribution is -2.36. The Kier molecular flexibility index (Phi) is 7.85. The van der Waals surface area contributed by atoms with E-state index in [0.717, 1.165) is 5.56 Å². The van der Waals surface area contributed by atoms with Gasteiger partial charge in [-0.2, -0.15) is 5.26 Å². The van der Waals surface area contributed by atoms with Crippen LogP contribution in [0.25, 0.3) is 0 Å². The zero-order valence-corrected chi connectivity index (χ0v) is 16.0. The Hall–Kier alpha value is -3.53. The number of nitriles is 1. The summed E-state index contributed by atoms with van der Waals surface area (Å²) in [5.74, 6) is -0.141. The van der Waals surface area contributed by atoms with E-state index in [4.69, 9.17) is 14.7 Å². The van der Waals surface area contributed by atoms with Crippen LogP contribution in [-0.4, -0.2) is 31.6 Å². The molecule has 2 N–H and O–H groups in total. The summed E-state index contributed by atoms with van der Waals surface area (Å²) in [5, 5.41) is 13.8. The van der Waals surface area contributed by atoms with Crippen molar-refractivity contribution in [3.8, 4) is 17.6 Å². The van der Waals surface area contributed by atoms with Gasteiger partial charge < -0.3 is 20.1 Å². The first-order valence-corrected chi connectivity index (χ1v) is 9.05. The van der Waals surface area contributed by atoms with E-state index in [1.807, 2.05) is 38.1 Å². The normalized spacial score (nSPS) is 9.89. The third-order valence-corrected chi connectivity index (χ3v) is 3.79. The quantitative estimate of drug-likeness (QED) is 0.685. The van der Waals surface area contributed by atoms with Crippen LogP contribution in [0.1, 0.15) is 25.0 Å². The fraction of sp³-hybridized carbons (Fsp3) is 0.286. The Labute approximate surface area is 164 Å². The van der Waals surface area contributed by atoms with Crippen molar-refractivity contribution >= 4 is 17.5 Å². The van der Waals surface area contributed by atoms with E-state index in [-0.39, 0.29) is 0 Å². The summed E-state index contributed by atoms with van der Waals surface area (Å²) in [7, 11) is 0. The Morgan fingerprint density at radius 2 is 1.64 bits per heavy atom. The molecule has 0 saturated carbocycles. The van der Waals surface area contributed by atoms with Crippen molar-refractivity contribution in [1.29, 1.82) is 5.26 Å². The molecule has 0 aliphatic rings. The van der Waals surface area contributed by atoms with Gasteiger partial charge in [0.15, 0.2) is 11.5 Å². The maximum Gasteiger partial charge on any atom is 0.313 e. The molecule has 0 aromatic heterocycles. The highest BCUT2D eigenvalue weighted by molar-refractivity contribution is 6.39. The molecule has 146 valence electrons. The summed E-state index contributed by atoms with van der Waals surface area (Å²) in [5.41, 5.74) is 1.89. The van der Waals surface area contributed by atoms with Gasteiger partial charge in [0.1, 0.15) is 0 Å². The van der Waals surface area contributed by atoms with Crippen LogP contribution < -0.4 is 20.1 Å². The standard InChI is InChI=1S/C21H23N3O4/c1-3-27-18-10-7-15(13-19(18)28-4-2)11-12-23-20(25)21(26)24-17-8-5-16(14-22)6-9-17/h5-10,13H,3-4,11-12H2,1-2H3,(H,23,25)(H,24,26). The molecule has 2 aromatic rings. The van der Waals surface area contributed by atoms with Crippen molar-refractivity contribution in [2.24, 2.45) is 0 Å². The predicted octanol–water partition coefficient (Wildman–Crippen LogP) is 2.65. The van der Waals surface area contributed by atoms with Crippen molar-refractivity contribution in [2.45, 2.75) is 20.3 Å². The minimum atomic E-state index is -0.758. The van der Waals surface area contributed by atoms with Gasteiger partial charge in [-0.25, -0.2) is 0 Å². The minimum Gasteiger partial charge on any atom is -0.490 e. The molecule has 0 bridgehead atoms. The second kappa shape index (κ2) is 10.6. The van der Waals surface area contributed by atoms with Gasteiger partial charge in [-0.05, 0) is 62.2 Å². The van der Waals surface area contributed by atoms with E-state index >= 15 is 0 Å². The summed E-state index contributed by atoms with van der Waals surface area (Å²) < 4.78 is 11.1. The monoisotopic (exact) mass is 381 g/mol. The third kappa shape index (κ3) is 6.02. The van der Waals surface area contributed by atoms with Crippen LogP contribution in [0.3, 0.4) is 0 Å². The highest BCUT2D eigenvalue weighted by atomic mass is 16.5. The van der Waals surface area contributed by atoms with Gasteiger partial charge in [0.25, 0.3) is 0 Å². The van der Waals surface area contributed by atoms with E-state index in [2.05, 4.69) is 10.6 Å². The highest BCUT2D eigenvalue weighted by Gasteiger charge is 2.13. The number of nitrogens with zero attached hydrogens (tertiary/aromatic N) is 1. The Bertz CT molecular complexity index is 857. The highest BCUT2D eigenvalue weighted by Crippen LogP contribution is 2.28. The Morgan fingerprint density at radius 1 is 0.964 bits per heavy atom. The van der Waals surface area contributed by atoms with Crippen molar-refractivity contribution in [3.63, 3.8) is 0 Å². The molecule has 0 spiro atoms. The maximum absolute atomic E-state index is 11.9. The van der Waals surface area contributed by atoms with E-state index in [1.165, 1.54) is 0 Å². The van der Waals surface area contributed by atoms with Crippen molar-refractivity contribution in [2.75, 3.05) is 25.1 Å². The molecule has 7 nitrogen and oxygen atoms in total. The van der Waals surface area contributed by atoms with Crippen LogP contribution in [0.2, 0.25) is 0 Å². The molecular weight excluding hydrogens is 358 g/mol. The van der Waals surface area contributed by atoms with Gasteiger partial charge in [-0.1, -0.05) is 6.07 Å². The number of rotatable bonds is 8. The van der Waals surface area contributed by atoms with Crippen LogP contribution in [0.4, 0.5) is 5.69 Å². The predicted molar refractivity (Wildman–Crippen MR) is 105 cm³/mol. The third-order valence-electron chi connectivity index (χ3n) is 3.79. The molecule has 0 saturated heterocycles. The lowest BCUT2D eigenvalue weighted by Gasteiger charge is -2.12. The fourth-order valence-electron chi connectivity index (χ4n) is 2.47. The molecule has 0 heterocycles. The minimum absolute atomic E-state index is 0.305. The summed E-state index contributed by atoms with van der Waals surface area (Å²) in [6, 6.07) is 13.9. The van der Waals surface area contributed by atoms with Crippen molar-refractivity contribution in [1.82, 2.24) is 5.32 Å². The van der Waals surface area contributed by atoms with Gasteiger partial charge in [-0.3, -0.25) is 9.59 Å². The van der Waals surface area contributed by atoms with E-state index < -0.39 is 11.8 Å². The second-order valence-electron chi connectivity index (χ2n) is 5.80. The van der Waals surface area contributed by atoms with Crippen LogP contribution in [0.5, 0.6) is 11.5 Å². The van der Waals surface area contributed by atoms with Crippen LogP contribution in [0, 0.1) is 11.3 Å². The Balaban J connectivity index is 1.86. The molecule has 0 aliphatic heterocycles. The molecule has 2 aromatic carbocycles. The first-order valence-electron chi connectivity index (χ1n) is 9.05. The van der Waals surface area contributed by atoms with Gasteiger partial charge in [0.05, 0.1) is 24.8 Å². The lowest BCUT2D eigenvalue weighted by molar-refractivity contribution is -0.136. The first kappa shape index (κ1) is 20.8. The average Bonchev–Trinajstić information content (AvgIpc) is 2.70. The van der Waals surface area contributed by atoms with Crippen molar-refractivity contribution < 1.29 is 19.1 Å². The lowest BCUT2D eigenvalue weighted by atomic mass is 10.1. The molecular formula is C21H23N3O4. The number of carbonyl (C=O) groups excluding carboxylic acids is 2. The first-order chi connectivity index (χ1) is 13.6. The molecule has 0 atom stereocenters. The number of anilines is 1. The molecule has 2 rings (SSSR count). The topological polar surface area (TPSA) is 100 Å². The van der Waals surface area contributed by atoms with Crippen LogP contribution in [-0.2, 0) is 16.0 Å². The maximum atomic E-state index is 11.9. The molecule has 0 fully saturated rings. The van der Waals surface area contributed by atoms with E-state index in [9.17, 15) is 9.59 Å². The number of carbonyl (C=O) groups is 2. The zero-order chi connectivity index (χ0) is 20.4. The molecule has 28 heavy (non-hydrogen) atoms. The van der Waals surface area contributed by atoms with E-state index in [1.54, 1.807) is 24.3 Å². The number of hydrogen-bond acceptors (Lipinski definition) is 5. The molecule has 0 radical (unpaired) electrons. The van der Waals surface area contributed by atoms with Crippen molar-refractivity contribution in [3.05, 3.63) is 53.6 Å². The average molecular weight is 381 g/mol. The zero-order valence-electron chi connectivity index (χ0n) is 16.0. The number of benzene rings is 2. The number of hydrogen-bond donors (Lipinski definition) is 2. The van der Waals surface area contributed by atoms with Gasteiger partial charge in [0.2, 0.25) is 0 Å². The Morgan fingerprint density at radius 3 is 2.29 bits per heavy atom. The smallest absolute Gasteiger partial charge is 0.313 e. The molecule has 0 unspecified atom stereocenters. The van der Waals surface area contributed by atoms with Gasteiger partial charge in [-0.15, -0.1) is 0 Å². The summed E-state index contributed by atoms with van der Waals surface area (Å²) in [6.45, 7) is 5.18. The van der Waals surface area contributed by atoms with Gasteiger partial charge in [0, 0.05) is 12.2 Å². The number of amides is 2. The summed E-state index contributed by atoms with van der Waals surface area (Å²) in [6.07, 6.45) is 0.544. The van der Waals surface area contributed by atoms with Crippen LogP contribution in [0.15, 0.2) is 42.5 Å². The molecule has 7 heteroatoms.